The highest BCUT2D eigenvalue weighted by molar-refractivity contribution is 7.87. The van der Waals surface area contributed by atoms with E-state index in [9.17, 15) is 18.0 Å². The molecule has 11 heteroatoms. The summed E-state index contributed by atoms with van der Waals surface area (Å²) in [7, 11) is -3.80. The number of benzene rings is 3. The summed E-state index contributed by atoms with van der Waals surface area (Å²) in [5.74, 6) is -0.479. The first-order valence-corrected chi connectivity index (χ1v) is 13.3. The molecule has 0 aromatic heterocycles. The maximum absolute atomic E-state index is 13.2. The zero-order valence-electron chi connectivity index (χ0n) is 20.2. The number of nitrogens with two attached hydrogens (primary N) is 2. The third-order valence-corrected chi connectivity index (χ3v) is 6.07. The number of alkyl carbamates (subject to hydrolysis) is 1. The van der Waals surface area contributed by atoms with Crippen LogP contribution < -0.4 is 26.2 Å². The molecule has 0 unspecified atom stereocenters. The monoisotopic (exact) mass is 525 g/mol. The van der Waals surface area contributed by atoms with E-state index >= 15 is 0 Å². The van der Waals surface area contributed by atoms with Gasteiger partial charge in [-0.1, -0.05) is 66.7 Å². The van der Waals surface area contributed by atoms with Gasteiger partial charge in [0, 0.05) is 6.54 Å². The predicted octanol–water partition coefficient (Wildman–Crippen LogP) is 3.13. The molecule has 0 bridgehead atoms. The molecule has 7 N–H and O–H groups in total. The van der Waals surface area contributed by atoms with Gasteiger partial charge in [0.15, 0.2) is 0 Å². The van der Waals surface area contributed by atoms with Gasteiger partial charge in [-0.05, 0) is 48.1 Å². The number of hydrogen-bond donors (Lipinski definition) is 5. The van der Waals surface area contributed by atoms with E-state index in [4.69, 9.17) is 15.6 Å². The summed E-state index contributed by atoms with van der Waals surface area (Å²) in [6, 6.07) is 23.2. The lowest BCUT2D eigenvalue weighted by molar-refractivity contribution is -0.118. The van der Waals surface area contributed by atoms with E-state index in [0.29, 0.717) is 24.2 Å². The van der Waals surface area contributed by atoms with Crippen LogP contribution in [0.5, 0.6) is 0 Å². The Bertz CT molecular complexity index is 1290. The molecule has 2 amide bonds. The Morgan fingerprint density at radius 3 is 2.24 bits per heavy atom. The van der Waals surface area contributed by atoms with Crippen molar-refractivity contribution < 1.29 is 22.7 Å². The summed E-state index contributed by atoms with van der Waals surface area (Å²) >= 11 is 0. The molecule has 0 aliphatic rings. The summed E-state index contributed by atoms with van der Waals surface area (Å²) in [6.45, 7) is 0.156. The van der Waals surface area contributed by atoms with Gasteiger partial charge in [0.25, 0.3) is 10.2 Å². The Labute approximate surface area is 216 Å². The number of nitrogens with one attached hydrogen (secondary N) is 3. The van der Waals surface area contributed by atoms with Gasteiger partial charge in [0.05, 0.1) is 11.4 Å². The minimum absolute atomic E-state index is 0.0470. The number of amides is 2. The Balaban J connectivity index is 1.67. The highest BCUT2D eigenvalue weighted by atomic mass is 32.2. The van der Waals surface area contributed by atoms with Crippen LogP contribution in [0, 0.1) is 0 Å². The molecular formula is C26H31N5O5S. The topological polar surface area (TPSA) is 166 Å². The largest absolute Gasteiger partial charge is 0.445 e. The third-order valence-electron chi connectivity index (χ3n) is 5.46. The van der Waals surface area contributed by atoms with Crippen LogP contribution in [-0.2, 0) is 26.3 Å². The van der Waals surface area contributed by atoms with Gasteiger partial charge < -0.3 is 21.1 Å². The first-order valence-electron chi connectivity index (χ1n) is 11.7. The molecule has 0 fully saturated rings. The fourth-order valence-corrected chi connectivity index (χ4v) is 3.99. The number of anilines is 2. The minimum Gasteiger partial charge on any atom is -0.445 e. The van der Waals surface area contributed by atoms with E-state index < -0.39 is 28.3 Å². The lowest BCUT2D eigenvalue weighted by Gasteiger charge is -2.19. The zero-order valence-corrected chi connectivity index (χ0v) is 21.0. The fourth-order valence-electron chi connectivity index (χ4n) is 3.56. The van der Waals surface area contributed by atoms with Gasteiger partial charge in [0.1, 0.15) is 12.6 Å². The van der Waals surface area contributed by atoms with E-state index in [1.165, 1.54) is 0 Å². The van der Waals surface area contributed by atoms with E-state index in [1.54, 1.807) is 12.1 Å². The van der Waals surface area contributed by atoms with Crippen LogP contribution in [0.3, 0.4) is 0 Å². The molecular weight excluding hydrogens is 494 g/mol. The molecule has 0 aliphatic heterocycles. The van der Waals surface area contributed by atoms with Crippen molar-refractivity contribution in [1.29, 1.82) is 0 Å². The Morgan fingerprint density at radius 1 is 0.892 bits per heavy atom. The summed E-state index contributed by atoms with van der Waals surface area (Å²) in [5, 5.41) is 10.3. The molecule has 0 aliphatic carbocycles. The first kappa shape index (κ1) is 27.7. The van der Waals surface area contributed by atoms with Crippen LogP contribution in [0.4, 0.5) is 16.2 Å². The second-order valence-corrected chi connectivity index (χ2v) is 9.73. The molecule has 0 saturated heterocycles. The zero-order chi connectivity index (χ0) is 26.7. The van der Waals surface area contributed by atoms with Crippen molar-refractivity contribution >= 4 is 33.6 Å². The number of carbonyl (C=O) groups is 2. The smallest absolute Gasteiger partial charge is 0.408 e. The van der Waals surface area contributed by atoms with Crippen molar-refractivity contribution in [2.45, 2.75) is 31.9 Å². The van der Waals surface area contributed by atoms with Gasteiger partial charge in [-0.2, -0.15) is 8.42 Å². The average Bonchev–Trinajstić information content (AvgIpc) is 2.88. The molecule has 3 aromatic carbocycles. The van der Waals surface area contributed by atoms with Crippen molar-refractivity contribution in [3.8, 4) is 11.1 Å². The fraction of sp³-hybridized carbons (Fsp3) is 0.231. The maximum atomic E-state index is 13.2. The summed E-state index contributed by atoms with van der Waals surface area (Å²) < 4.78 is 29.6. The van der Waals surface area contributed by atoms with Gasteiger partial charge in [-0.25, -0.2) is 14.7 Å². The second-order valence-electron chi connectivity index (χ2n) is 8.35. The number of nitrogen functional groups attached to an aromatic ring is 1. The van der Waals surface area contributed by atoms with Gasteiger partial charge in [-0.15, -0.1) is 0 Å². The molecule has 0 radical (unpaired) electrons. The Morgan fingerprint density at radius 2 is 1.57 bits per heavy atom. The van der Waals surface area contributed by atoms with Crippen LogP contribution in [-0.4, -0.2) is 33.0 Å². The number of hydrogen-bond acceptors (Lipinski definition) is 6. The van der Waals surface area contributed by atoms with Crippen LogP contribution in [0.25, 0.3) is 11.1 Å². The number of rotatable bonds is 12. The van der Waals surface area contributed by atoms with E-state index in [-0.39, 0.29) is 19.6 Å². The van der Waals surface area contributed by atoms with Crippen molar-refractivity contribution in [2.24, 2.45) is 5.14 Å². The lowest BCUT2D eigenvalue weighted by Crippen LogP contribution is -2.44. The molecule has 0 spiro atoms. The predicted molar refractivity (Wildman–Crippen MR) is 143 cm³/mol. The second kappa shape index (κ2) is 13.4. The van der Waals surface area contributed by atoms with Crippen molar-refractivity contribution in [3.05, 3.63) is 84.4 Å². The van der Waals surface area contributed by atoms with Gasteiger partial charge >= 0.3 is 6.09 Å². The summed E-state index contributed by atoms with van der Waals surface area (Å²) in [4.78, 5) is 25.6. The normalized spacial score (nSPS) is 11.9. The van der Waals surface area contributed by atoms with Crippen LogP contribution in [0.2, 0.25) is 0 Å². The SMILES string of the molecule is Nc1ccc(-c2ccccc2)cc1NC(=O)[C@H](CCCCNS(N)(=O)=O)NC(=O)OCc1ccccc1. The Kier molecular flexibility index (Phi) is 10.0. The number of ether oxygens (including phenoxy) is 1. The number of unbranched alkanes of at least 4 members (excludes halogenated alkanes) is 1. The highest BCUT2D eigenvalue weighted by Gasteiger charge is 2.22. The molecule has 1 atom stereocenters. The molecule has 0 heterocycles. The maximum Gasteiger partial charge on any atom is 0.408 e. The minimum atomic E-state index is -3.80. The molecule has 3 aromatic rings. The van der Waals surface area contributed by atoms with E-state index in [2.05, 4.69) is 15.4 Å². The average molecular weight is 526 g/mol. The molecule has 196 valence electrons. The summed E-state index contributed by atoms with van der Waals surface area (Å²) in [5.41, 5.74) is 9.51. The molecule has 0 saturated carbocycles. The third kappa shape index (κ3) is 9.56. The first-order chi connectivity index (χ1) is 17.7. The van der Waals surface area contributed by atoms with Crippen molar-refractivity contribution in [3.63, 3.8) is 0 Å². The van der Waals surface area contributed by atoms with Crippen molar-refractivity contribution in [1.82, 2.24) is 10.0 Å². The Hall–Kier alpha value is -3.93. The molecule has 37 heavy (non-hydrogen) atoms. The van der Waals surface area contributed by atoms with E-state index in [1.807, 2.05) is 66.7 Å². The van der Waals surface area contributed by atoms with E-state index in [0.717, 1.165) is 16.7 Å². The summed E-state index contributed by atoms with van der Waals surface area (Å²) in [6.07, 6.45) is 0.320. The standard InChI is InChI=1S/C26H31N5O5S/c27-22-15-14-21(20-11-5-2-6-12-20)17-24(22)30-25(32)23(13-7-8-16-29-37(28,34)35)31-26(33)36-18-19-9-3-1-4-10-19/h1-6,9-12,14-15,17,23,29H,7-8,13,16,18,27H2,(H,30,32)(H,31,33)(H2,28,34,35)/t23-/m0/s1. The number of carbonyl (C=O) groups excluding carboxylic acids is 2. The molecule has 10 nitrogen and oxygen atoms in total. The van der Waals surface area contributed by atoms with Gasteiger partial charge in [-0.3, -0.25) is 4.79 Å². The van der Waals surface area contributed by atoms with Crippen LogP contribution in [0.1, 0.15) is 24.8 Å². The van der Waals surface area contributed by atoms with Crippen molar-refractivity contribution in [2.75, 3.05) is 17.6 Å². The van der Waals surface area contributed by atoms with Gasteiger partial charge in [0.2, 0.25) is 5.91 Å². The molecule has 3 rings (SSSR count). The van der Waals surface area contributed by atoms with Crippen LogP contribution >= 0.6 is 0 Å². The highest BCUT2D eigenvalue weighted by Crippen LogP contribution is 2.27. The lowest BCUT2D eigenvalue weighted by atomic mass is 10.0. The quantitative estimate of drug-likeness (QED) is 0.180. The van der Waals surface area contributed by atoms with Crippen LogP contribution in [0.15, 0.2) is 78.9 Å².